The minimum atomic E-state index is -0.443. The SMILES string of the molecule is O=C1[C@@H]2[C@H]3C=C[C@@H]([C@H]2C(=O)N1CCl)[C@H]1[C@H]2C(=O)N(CCl)C(=O)[C@@H]2[C@H]31. The molecule has 2 bridgehead atoms. The van der Waals surface area contributed by atoms with Gasteiger partial charge in [0.15, 0.2) is 0 Å². The highest BCUT2D eigenvalue weighted by atomic mass is 35.5. The van der Waals surface area contributed by atoms with Crippen LogP contribution >= 0.6 is 23.2 Å². The van der Waals surface area contributed by atoms with E-state index >= 15 is 0 Å². The zero-order chi connectivity index (χ0) is 16.9. The quantitative estimate of drug-likeness (QED) is 0.310. The molecule has 6 nitrogen and oxygen atoms in total. The zero-order valence-electron chi connectivity index (χ0n) is 12.5. The standard InChI is InChI=1S/C16H14Cl2N2O4/c17-3-19-13(21)9-5-1-2-6(10(9)14(19)22)8-7(5)11-12(8)16(24)20(4-18)15(11)23/h1-2,5-12H,3-4H2/t5-,6+,7-,8-,9-,10-,11-,12-/m1/s1. The molecule has 0 unspecified atom stereocenters. The molecule has 2 heterocycles. The molecule has 4 fully saturated rings. The third-order valence-electron chi connectivity index (χ3n) is 6.77. The smallest absolute Gasteiger partial charge is 0.234 e. The van der Waals surface area contributed by atoms with Crippen molar-refractivity contribution in [2.45, 2.75) is 0 Å². The van der Waals surface area contributed by atoms with E-state index in [0.29, 0.717) is 0 Å². The number of halogens is 2. The lowest BCUT2D eigenvalue weighted by Crippen LogP contribution is -2.63. The van der Waals surface area contributed by atoms with Crippen molar-refractivity contribution in [3.8, 4) is 0 Å². The largest absolute Gasteiger partial charge is 0.274 e. The Morgan fingerprint density at radius 1 is 0.667 bits per heavy atom. The molecule has 0 spiro atoms. The first-order chi connectivity index (χ1) is 11.5. The molecule has 4 aliphatic carbocycles. The van der Waals surface area contributed by atoms with Crippen molar-refractivity contribution in [1.82, 2.24) is 9.80 Å². The highest BCUT2D eigenvalue weighted by Gasteiger charge is 2.74. The van der Waals surface area contributed by atoms with E-state index in [1.165, 1.54) is 0 Å². The first-order valence-corrected chi connectivity index (χ1v) is 9.10. The molecule has 4 amide bonds. The maximum Gasteiger partial charge on any atom is 0.234 e. The molecule has 2 saturated carbocycles. The molecule has 0 aromatic carbocycles. The number of amides is 4. The molecular weight excluding hydrogens is 355 g/mol. The molecule has 2 saturated heterocycles. The molecule has 2 aliphatic heterocycles. The number of alkyl halides is 2. The minimum absolute atomic E-state index is 0.0528. The summed E-state index contributed by atoms with van der Waals surface area (Å²) in [4.78, 5) is 52.5. The Hall–Kier alpha value is -1.40. The van der Waals surface area contributed by atoms with Crippen LogP contribution < -0.4 is 0 Å². The van der Waals surface area contributed by atoms with Gasteiger partial charge in [-0.15, -0.1) is 23.2 Å². The number of allylic oxidation sites excluding steroid dienone is 2. The fraction of sp³-hybridized carbons (Fsp3) is 0.625. The molecule has 24 heavy (non-hydrogen) atoms. The van der Waals surface area contributed by atoms with Crippen LogP contribution in [0.2, 0.25) is 0 Å². The van der Waals surface area contributed by atoms with Crippen LogP contribution in [0.15, 0.2) is 12.2 Å². The molecular formula is C16H14Cl2N2O4. The Morgan fingerprint density at radius 3 is 1.33 bits per heavy atom. The lowest BCUT2D eigenvalue weighted by Gasteiger charge is -2.60. The van der Waals surface area contributed by atoms with Gasteiger partial charge in [0, 0.05) is 0 Å². The maximum absolute atomic E-state index is 12.6. The Morgan fingerprint density at radius 2 is 1.00 bits per heavy atom. The first-order valence-electron chi connectivity index (χ1n) is 8.03. The van der Waals surface area contributed by atoms with Gasteiger partial charge in [-0.3, -0.25) is 29.0 Å². The first kappa shape index (κ1) is 14.9. The summed E-state index contributed by atoms with van der Waals surface area (Å²) >= 11 is 11.5. The summed E-state index contributed by atoms with van der Waals surface area (Å²) < 4.78 is 0. The number of hydrogen-bond donors (Lipinski definition) is 0. The van der Waals surface area contributed by atoms with Crippen LogP contribution in [0.3, 0.4) is 0 Å². The highest BCUT2D eigenvalue weighted by molar-refractivity contribution is 6.22. The Bertz CT molecular complexity index is 682. The van der Waals surface area contributed by atoms with Gasteiger partial charge in [-0.05, 0) is 23.7 Å². The summed E-state index contributed by atoms with van der Waals surface area (Å²) in [6.45, 7) is 0. The van der Waals surface area contributed by atoms with Gasteiger partial charge in [-0.2, -0.15) is 0 Å². The van der Waals surface area contributed by atoms with Gasteiger partial charge in [-0.25, -0.2) is 0 Å². The summed E-state index contributed by atoms with van der Waals surface area (Å²) in [6.07, 6.45) is 3.93. The summed E-state index contributed by atoms with van der Waals surface area (Å²) in [7, 11) is 0. The van der Waals surface area contributed by atoms with E-state index < -0.39 is 23.7 Å². The van der Waals surface area contributed by atoms with Gasteiger partial charge < -0.3 is 0 Å². The molecule has 8 atom stereocenters. The number of nitrogens with zero attached hydrogens (tertiary/aromatic N) is 2. The van der Waals surface area contributed by atoms with Gasteiger partial charge >= 0.3 is 0 Å². The summed E-state index contributed by atoms with van der Waals surface area (Å²) in [5.74, 6) is -3.09. The van der Waals surface area contributed by atoms with Gasteiger partial charge in [0.2, 0.25) is 23.6 Å². The second-order valence-electron chi connectivity index (χ2n) is 7.25. The van der Waals surface area contributed by atoms with Gasteiger partial charge in [-0.1, -0.05) is 12.2 Å². The second kappa shape index (κ2) is 4.61. The summed E-state index contributed by atoms with van der Waals surface area (Å²) in [5, 5.41) is 0. The Balaban J connectivity index is 1.57. The fourth-order valence-corrected chi connectivity index (χ4v) is 6.43. The topological polar surface area (TPSA) is 74.8 Å². The number of likely N-dealkylation sites (tertiary alicyclic amines) is 2. The van der Waals surface area contributed by atoms with E-state index in [-0.39, 0.29) is 59.3 Å². The van der Waals surface area contributed by atoms with E-state index in [9.17, 15) is 19.2 Å². The number of fused-ring (bicyclic) bond motifs is 1. The fourth-order valence-electron chi connectivity index (χ4n) is 5.96. The molecule has 126 valence electrons. The number of carbonyl (C=O) groups is 4. The van der Waals surface area contributed by atoms with Crippen LogP contribution in [0.1, 0.15) is 0 Å². The van der Waals surface area contributed by atoms with Gasteiger partial charge in [0.05, 0.1) is 23.7 Å². The van der Waals surface area contributed by atoms with E-state index in [1.54, 1.807) is 0 Å². The molecule has 0 N–H and O–H groups in total. The normalized spacial score (nSPS) is 47.9. The van der Waals surface area contributed by atoms with Crippen LogP contribution in [-0.4, -0.2) is 45.4 Å². The lowest BCUT2D eigenvalue weighted by atomic mass is 9.40. The highest BCUT2D eigenvalue weighted by Crippen LogP contribution is 2.68. The molecule has 0 aromatic heterocycles. The molecule has 6 aliphatic rings. The number of imide groups is 2. The zero-order valence-corrected chi connectivity index (χ0v) is 14.0. The van der Waals surface area contributed by atoms with Crippen LogP contribution in [0.25, 0.3) is 0 Å². The average Bonchev–Trinajstić information content (AvgIpc) is 2.91. The number of rotatable bonds is 2. The van der Waals surface area contributed by atoms with Crippen molar-refractivity contribution in [2.75, 3.05) is 12.0 Å². The van der Waals surface area contributed by atoms with Crippen LogP contribution in [0, 0.1) is 47.3 Å². The summed E-state index contributed by atoms with van der Waals surface area (Å²) in [5.41, 5.74) is 0. The molecule has 0 radical (unpaired) electrons. The molecule has 0 aromatic rings. The van der Waals surface area contributed by atoms with E-state index in [0.717, 1.165) is 9.80 Å². The van der Waals surface area contributed by atoms with Gasteiger partial charge in [0.25, 0.3) is 0 Å². The molecule has 6 rings (SSSR count). The van der Waals surface area contributed by atoms with Crippen molar-refractivity contribution in [2.24, 2.45) is 47.3 Å². The Kier molecular flexibility index (Phi) is 2.86. The predicted molar refractivity (Wildman–Crippen MR) is 82.2 cm³/mol. The van der Waals surface area contributed by atoms with Crippen molar-refractivity contribution < 1.29 is 19.2 Å². The van der Waals surface area contributed by atoms with Crippen LogP contribution in [-0.2, 0) is 19.2 Å². The third-order valence-corrected chi connectivity index (χ3v) is 7.24. The molecule has 8 heteroatoms. The van der Waals surface area contributed by atoms with E-state index in [4.69, 9.17) is 23.2 Å². The minimum Gasteiger partial charge on any atom is -0.274 e. The second-order valence-corrected chi connectivity index (χ2v) is 7.72. The monoisotopic (exact) mass is 368 g/mol. The van der Waals surface area contributed by atoms with Crippen molar-refractivity contribution in [1.29, 1.82) is 0 Å². The number of hydrogen-bond acceptors (Lipinski definition) is 4. The maximum atomic E-state index is 12.6. The number of carbonyl (C=O) groups excluding carboxylic acids is 4. The summed E-state index contributed by atoms with van der Waals surface area (Å²) in [6, 6.07) is -0.290. The van der Waals surface area contributed by atoms with Crippen LogP contribution in [0.4, 0.5) is 0 Å². The van der Waals surface area contributed by atoms with E-state index in [1.807, 2.05) is 12.2 Å². The van der Waals surface area contributed by atoms with Crippen LogP contribution in [0.5, 0.6) is 0 Å². The Labute approximate surface area is 147 Å². The third kappa shape index (κ3) is 1.38. The van der Waals surface area contributed by atoms with E-state index in [2.05, 4.69) is 0 Å². The van der Waals surface area contributed by atoms with Crippen molar-refractivity contribution >= 4 is 46.8 Å². The predicted octanol–water partition coefficient (Wildman–Crippen LogP) is 0.643. The lowest BCUT2D eigenvalue weighted by molar-refractivity contribution is -0.166. The van der Waals surface area contributed by atoms with Crippen molar-refractivity contribution in [3.05, 3.63) is 12.2 Å². The van der Waals surface area contributed by atoms with Gasteiger partial charge in [0.1, 0.15) is 12.0 Å². The van der Waals surface area contributed by atoms with Crippen molar-refractivity contribution in [3.63, 3.8) is 0 Å². The average molecular weight is 369 g/mol.